The molecule has 0 saturated heterocycles. The van der Waals surface area contributed by atoms with Gasteiger partial charge in [0.15, 0.2) is 5.82 Å². The molecule has 2 heterocycles. The van der Waals surface area contributed by atoms with Crippen LogP contribution in [0.5, 0.6) is 0 Å². The maximum Gasteiger partial charge on any atom is 0.313 e. The number of H-pyrrole nitrogens is 1. The van der Waals surface area contributed by atoms with E-state index in [0.29, 0.717) is 17.0 Å². The first kappa shape index (κ1) is 18.1. The Kier molecular flexibility index (Phi) is 4.75. The third-order valence-electron chi connectivity index (χ3n) is 3.86. The number of non-ortho nitro benzene ring substituents is 1. The highest BCUT2D eigenvalue weighted by atomic mass is 32.2. The van der Waals surface area contributed by atoms with Gasteiger partial charge in [0.05, 0.1) is 26.4 Å². The molecule has 9 nitrogen and oxygen atoms in total. The number of fused-ring (bicyclic) bond motifs is 1. The van der Waals surface area contributed by atoms with Crippen LogP contribution in [-0.4, -0.2) is 41.9 Å². The van der Waals surface area contributed by atoms with Crippen LogP contribution in [0.25, 0.3) is 32.7 Å². The third kappa shape index (κ3) is 3.70. The van der Waals surface area contributed by atoms with Gasteiger partial charge in [-0.3, -0.25) is 20.0 Å². The fourth-order valence-corrected chi connectivity index (χ4v) is 3.80. The van der Waals surface area contributed by atoms with Crippen molar-refractivity contribution < 1.29 is 14.8 Å². The van der Waals surface area contributed by atoms with Gasteiger partial charge < -0.3 is 5.11 Å². The molecule has 0 saturated carbocycles. The molecular weight excluding hydrogens is 402 g/mol. The van der Waals surface area contributed by atoms with Crippen LogP contribution in [0.15, 0.2) is 47.1 Å². The van der Waals surface area contributed by atoms with Crippen LogP contribution in [0, 0.1) is 10.1 Å². The smallest absolute Gasteiger partial charge is 0.313 e. The fraction of sp³-hybridized carbons (Fsp3) is 0.0588. The Bertz CT molecular complexity index is 1200. The molecule has 2 aromatic heterocycles. The average Bonchev–Trinajstić information content (AvgIpc) is 3.34. The normalized spacial score (nSPS) is 11.0. The van der Waals surface area contributed by atoms with Gasteiger partial charge in [-0.2, -0.15) is 0 Å². The molecule has 0 atom stereocenters. The van der Waals surface area contributed by atoms with Crippen molar-refractivity contribution in [3.63, 3.8) is 0 Å². The Morgan fingerprint density at radius 1 is 1.21 bits per heavy atom. The molecule has 2 aromatic carbocycles. The van der Waals surface area contributed by atoms with E-state index < -0.39 is 10.9 Å². The van der Waals surface area contributed by atoms with Gasteiger partial charge in [0.25, 0.3) is 5.69 Å². The molecule has 4 rings (SSSR count). The summed E-state index contributed by atoms with van der Waals surface area (Å²) < 4.78 is 1.03. The number of nitro benzene ring substituents is 1. The summed E-state index contributed by atoms with van der Waals surface area (Å²) in [6.07, 6.45) is 0. The van der Waals surface area contributed by atoms with Crippen LogP contribution in [0.3, 0.4) is 0 Å². The maximum absolute atomic E-state index is 11.4. The lowest BCUT2D eigenvalue weighted by molar-refractivity contribution is -0.384. The molecule has 0 fully saturated rings. The molecule has 4 aromatic rings. The topological polar surface area (TPSA) is 135 Å². The summed E-state index contributed by atoms with van der Waals surface area (Å²) >= 11 is 2.49. The summed E-state index contributed by atoms with van der Waals surface area (Å²) in [6.45, 7) is 0. The van der Waals surface area contributed by atoms with Gasteiger partial charge >= 0.3 is 5.97 Å². The van der Waals surface area contributed by atoms with Crippen molar-refractivity contribution in [3.05, 3.63) is 52.0 Å². The first-order valence-corrected chi connectivity index (χ1v) is 9.76. The van der Waals surface area contributed by atoms with E-state index in [1.165, 1.54) is 23.5 Å². The fourth-order valence-electron chi connectivity index (χ4n) is 2.62. The lowest BCUT2D eigenvalue weighted by Gasteiger charge is -2.05. The molecule has 0 aliphatic heterocycles. The number of hydrogen-bond acceptors (Lipinski definition) is 8. The number of nitrogens with zero attached hydrogens (tertiary/aromatic N) is 4. The number of carboxylic acids is 1. The first-order chi connectivity index (χ1) is 13.5. The van der Waals surface area contributed by atoms with Crippen LogP contribution >= 0.6 is 23.1 Å². The lowest BCUT2D eigenvalue weighted by Crippen LogP contribution is -1.97. The van der Waals surface area contributed by atoms with E-state index in [1.54, 1.807) is 11.6 Å². The average molecular weight is 413 g/mol. The second-order valence-corrected chi connectivity index (χ2v) is 7.54. The molecular formula is C17H11N5O4S2. The number of nitro groups is 1. The van der Waals surface area contributed by atoms with E-state index in [1.807, 2.05) is 18.2 Å². The monoisotopic (exact) mass is 413 g/mol. The summed E-state index contributed by atoms with van der Waals surface area (Å²) in [5, 5.41) is 27.1. The Morgan fingerprint density at radius 2 is 2.04 bits per heavy atom. The van der Waals surface area contributed by atoms with Crippen molar-refractivity contribution >= 4 is 45.0 Å². The van der Waals surface area contributed by atoms with E-state index in [2.05, 4.69) is 20.2 Å². The highest BCUT2D eigenvalue weighted by molar-refractivity contribution is 7.99. The predicted molar refractivity (Wildman–Crippen MR) is 105 cm³/mol. The molecule has 0 radical (unpaired) electrons. The van der Waals surface area contributed by atoms with Gasteiger partial charge in [-0.25, -0.2) is 9.97 Å². The van der Waals surface area contributed by atoms with Crippen LogP contribution in [0.1, 0.15) is 0 Å². The zero-order valence-electron chi connectivity index (χ0n) is 14.0. The number of aromatic nitrogens is 4. The molecule has 2 N–H and O–H groups in total. The number of benzene rings is 2. The van der Waals surface area contributed by atoms with E-state index in [-0.39, 0.29) is 16.6 Å². The quantitative estimate of drug-likeness (QED) is 0.277. The van der Waals surface area contributed by atoms with Crippen LogP contribution < -0.4 is 0 Å². The number of aromatic amines is 1. The third-order valence-corrected chi connectivity index (χ3v) is 5.50. The standard InChI is InChI=1S/C17H11N5O4S2/c23-15(24)7-27-17-19-16(20-21-17)11-3-10(4-12(5-11)22(25)26)9-1-2-14-13(6-9)18-8-28-14/h1-6,8H,7H2,(H,23,24)(H,19,20,21). The summed E-state index contributed by atoms with van der Waals surface area (Å²) in [4.78, 5) is 30.1. The zero-order chi connectivity index (χ0) is 19.7. The van der Waals surface area contributed by atoms with Crippen molar-refractivity contribution in [2.24, 2.45) is 0 Å². The van der Waals surface area contributed by atoms with Gasteiger partial charge in [-0.1, -0.05) is 17.8 Å². The number of carbonyl (C=O) groups is 1. The van der Waals surface area contributed by atoms with Crippen molar-refractivity contribution in [1.82, 2.24) is 20.2 Å². The number of aliphatic carboxylic acids is 1. The second kappa shape index (κ2) is 7.37. The molecule has 0 aliphatic rings. The molecule has 0 aliphatic carbocycles. The maximum atomic E-state index is 11.4. The molecule has 140 valence electrons. The summed E-state index contributed by atoms with van der Waals surface area (Å²) in [5.41, 5.74) is 4.42. The zero-order valence-corrected chi connectivity index (χ0v) is 15.7. The van der Waals surface area contributed by atoms with E-state index in [4.69, 9.17) is 5.11 Å². The highest BCUT2D eigenvalue weighted by Crippen LogP contribution is 2.32. The van der Waals surface area contributed by atoms with Crippen molar-refractivity contribution in [2.75, 3.05) is 5.75 Å². The molecule has 0 bridgehead atoms. The molecule has 0 unspecified atom stereocenters. The Morgan fingerprint density at radius 3 is 2.82 bits per heavy atom. The highest BCUT2D eigenvalue weighted by Gasteiger charge is 2.16. The van der Waals surface area contributed by atoms with Crippen LogP contribution in [0.4, 0.5) is 5.69 Å². The Balaban J connectivity index is 1.75. The van der Waals surface area contributed by atoms with E-state index >= 15 is 0 Å². The number of hydrogen-bond donors (Lipinski definition) is 2. The SMILES string of the molecule is O=C(O)CSc1n[nH]c(-c2cc(-c3ccc4scnc4c3)cc([N+](=O)[O-])c2)n1. The Labute approximate surface area is 165 Å². The number of carboxylic acid groups (broad SMARTS) is 1. The lowest BCUT2D eigenvalue weighted by atomic mass is 10.0. The van der Waals surface area contributed by atoms with E-state index in [0.717, 1.165) is 27.5 Å². The van der Waals surface area contributed by atoms with Crippen LogP contribution in [-0.2, 0) is 4.79 Å². The minimum atomic E-state index is -0.980. The predicted octanol–water partition coefficient (Wildman–Crippen LogP) is 3.83. The van der Waals surface area contributed by atoms with Gasteiger partial charge in [0.1, 0.15) is 0 Å². The van der Waals surface area contributed by atoms with Crippen LogP contribution in [0.2, 0.25) is 0 Å². The van der Waals surface area contributed by atoms with Gasteiger partial charge in [0.2, 0.25) is 5.16 Å². The molecule has 11 heteroatoms. The van der Waals surface area contributed by atoms with Gasteiger partial charge in [-0.15, -0.1) is 16.4 Å². The van der Waals surface area contributed by atoms with Crippen molar-refractivity contribution in [3.8, 4) is 22.5 Å². The summed E-state index contributed by atoms with van der Waals surface area (Å²) in [5.74, 6) is -0.829. The summed E-state index contributed by atoms with van der Waals surface area (Å²) in [7, 11) is 0. The first-order valence-electron chi connectivity index (χ1n) is 7.90. The number of nitrogens with one attached hydrogen (secondary N) is 1. The van der Waals surface area contributed by atoms with Crippen molar-refractivity contribution in [1.29, 1.82) is 0 Å². The molecule has 0 spiro atoms. The second-order valence-electron chi connectivity index (χ2n) is 5.71. The summed E-state index contributed by atoms with van der Waals surface area (Å²) in [6, 6.07) is 10.4. The van der Waals surface area contributed by atoms with E-state index in [9.17, 15) is 14.9 Å². The van der Waals surface area contributed by atoms with Crippen molar-refractivity contribution in [2.45, 2.75) is 5.16 Å². The molecule has 0 amide bonds. The molecule has 28 heavy (non-hydrogen) atoms. The minimum Gasteiger partial charge on any atom is -0.481 e. The van der Waals surface area contributed by atoms with Gasteiger partial charge in [0, 0.05) is 17.7 Å². The minimum absolute atomic E-state index is 0.0815. The largest absolute Gasteiger partial charge is 0.481 e. The number of thioether (sulfide) groups is 1. The number of thiazole rings is 1. The Hall–Kier alpha value is -3.31. The van der Waals surface area contributed by atoms with Gasteiger partial charge in [-0.05, 0) is 29.3 Å². The number of rotatable bonds is 6.